The van der Waals surface area contributed by atoms with Gasteiger partial charge in [-0.25, -0.2) is 8.78 Å². The minimum Gasteiger partial charge on any atom is -0.508 e. The summed E-state index contributed by atoms with van der Waals surface area (Å²) in [6, 6.07) is 1.43. The van der Waals surface area contributed by atoms with E-state index in [9.17, 15) is 13.6 Å². The lowest BCUT2D eigenvalue weighted by Crippen LogP contribution is -2.35. The Balaban J connectivity index is 2.29. The predicted octanol–water partition coefficient (Wildman–Crippen LogP) is 1.95. The number of phenolic OH excluding ortho intramolecular Hbond substituents is 1. The number of aromatic hydroxyl groups is 1. The third-order valence-corrected chi connectivity index (χ3v) is 2.67. The number of phenols is 1. The van der Waals surface area contributed by atoms with Gasteiger partial charge in [-0.2, -0.15) is 0 Å². The van der Waals surface area contributed by atoms with Gasteiger partial charge in [0.05, 0.1) is 0 Å². The van der Waals surface area contributed by atoms with Crippen molar-refractivity contribution in [3.63, 3.8) is 0 Å². The van der Waals surface area contributed by atoms with Crippen LogP contribution in [0.3, 0.4) is 0 Å². The largest absolute Gasteiger partial charge is 0.508 e. The minimum absolute atomic E-state index is 0.339. The number of hydrogen-bond acceptors (Lipinski definition) is 2. The fraction of sp³-hybridized carbons (Fsp3) is 0.364. The average molecular weight is 227 g/mol. The van der Waals surface area contributed by atoms with Crippen LogP contribution in [0.2, 0.25) is 0 Å². The molecule has 0 aliphatic heterocycles. The molecule has 5 heteroatoms. The highest BCUT2D eigenvalue weighted by atomic mass is 19.1. The van der Waals surface area contributed by atoms with Crippen LogP contribution in [0.1, 0.15) is 30.1 Å². The van der Waals surface area contributed by atoms with Crippen LogP contribution in [0.15, 0.2) is 12.1 Å². The Labute approximate surface area is 91.1 Å². The molecule has 1 saturated carbocycles. The van der Waals surface area contributed by atoms with E-state index in [0.29, 0.717) is 12.1 Å². The van der Waals surface area contributed by atoms with E-state index < -0.39 is 28.9 Å². The summed E-state index contributed by atoms with van der Waals surface area (Å²) in [7, 11) is 0. The van der Waals surface area contributed by atoms with Gasteiger partial charge in [0.25, 0.3) is 5.91 Å². The monoisotopic (exact) mass is 227 g/mol. The molecule has 1 amide bonds. The van der Waals surface area contributed by atoms with E-state index in [1.165, 1.54) is 0 Å². The van der Waals surface area contributed by atoms with E-state index >= 15 is 0 Å². The second-order valence-electron chi connectivity index (χ2n) is 4.30. The second-order valence-corrected chi connectivity index (χ2v) is 4.30. The van der Waals surface area contributed by atoms with Crippen LogP contribution >= 0.6 is 0 Å². The number of rotatable bonds is 2. The van der Waals surface area contributed by atoms with Crippen molar-refractivity contribution in [2.75, 3.05) is 0 Å². The molecule has 2 rings (SSSR count). The first kappa shape index (κ1) is 10.9. The molecule has 86 valence electrons. The number of amides is 1. The van der Waals surface area contributed by atoms with Crippen LogP contribution in [-0.2, 0) is 0 Å². The van der Waals surface area contributed by atoms with E-state index in [-0.39, 0.29) is 5.54 Å². The van der Waals surface area contributed by atoms with Crippen molar-refractivity contribution in [1.82, 2.24) is 5.32 Å². The highest BCUT2D eigenvalue weighted by molar-refractivity contribution is 5.95. The zero-order valence-electron chi connectivity index (χ0n) is 8.68. The van der Waals surface area contributed by atoms with Gasteiger partial charge >= 0.3 is 0 Å². The van der Waals surface area contributed by atoms with Crippen LogP contribution < -0.4 is 5.32 Å². The molecule has 1 aliphatic rings. The molecule has 3 nitrogen and oxygen atoms in total. The molecule has 0 spiro atoms. The highest BCUT2D eigenvalue weighted by Crippen LogP contribution is 2.34. The predicted molar refractivity (Wildman–Crippen MR) is 53.1 cm³/mol. The van der Waals surface area contributed by atoms with Gasteiger partial charge in [-0.05, 0) is 19.8 Å². The van der Waals surface area contributed by atoms with E-state index in [2.05, 4.69) is 5.32 Å². The molecule has 1 fully saturated rings. The lowest BCUT2D eigenvalue weighted by atomic mass is 10.1. The molecule has 0 saturated heterocycles. The van der Waals surface area contributed by atoms with Crippen molar-refractivity contribution in [3.05, 3.63) is 29.3 Å². The summed E-state index contributed by atoms with van der Waals surface area (Å²) in [5.74, 6) is -3.43. The smallest absolute Gasteiger partial charge is 0.257 e. The Bertz CT molecular complexity index is 432. The summed E-state index contributed by atoms with van der Waals surface area (Å²) in [6.07, 6.45) is 1.61. The van der Waals surface area contributed by atoms with Gasteiger partial charge in [-0.15, -0.1) is 0 Å². The van der Waals surface area contributed by atoms with Gasteiger partial charge < -0.3 is 10.4 Å². The molecule has 2 N–H and O–H groups in total. The lowest BCUT2D eigenvalue weighted by Gasteiger charge is -2.12. The third-order valence-electron chi connectivity index (χ3n) is 2.67. The molecule has 0 bridgehead atoms. The minimum atomic E-state index is -1.06. The highest BCUT2D eigenvalue weighted by Gasteiger charge is 2.39. The number of carbonyl (C=O) groups is 1. The first-order chi connectivity index (χ1) is 7.41. The summed E-state index contributed by atoms with van der Waals surface area (Å²) in [5.41, 5.74) is -0.987. The topological polar surface area (TPSA) is 49.3 Å². The first-order valence-electron chi connectivity index (χ1n) is 4.92. The fourth-order valence-corrected chi connectivity index (χ4v) is 1.43. The molecule has 0 heterocycles. The van der Waals surface area contributed by atoms with Crippen LogP contribution in [0, 0.1) is 11.6 Å². The zero-order valence-corrected chi connectivity index (χ0v) is 8.68. The SMILES string of the molecule is CC1(NC(=O)c2c(F)cc(O)cc2F)CC1. The first-order valence-corrected chi connectivity index (χ1v) is 4.92. The fourth-order valence-electron chi connectivity index (χ4n) is 1.43. The van der Waals surface area contributed by atoms with Gasteiger partial charge in [0.1, 0.15) is 22.9 Å². The zero-order chi connectivity index (χ0) is 11.9. The van der Waals surface area contributed by atoms with Crippen LogP contribution in [0.4, 0.5) is 8.78 Å². The number of carbonyl (C=O) groups excluding carboxylic acids is 1. The molecular weight excluding hydrogens is 216 g/mol. The summed E-state index contributed by atoms with van der Waals surface area (Å²) < 4.78 is 26.6. The van der Waals surface area contributed by atoms with Crippen molar-refractivity contribution in [2.45, 2.75) is 25.3 Å². The Hall–Kier alpha value is -1.65. The summed E-state index contributed by atoms with van der Waals surface area (Å²) in [5, 5.41) is 11.5. The van der Waals surface area contributed by atoms with E-state index in [4.69, 9.17) is 5.11 Å². The van der Waals surface area contributed by atoms with Gasteiger partial charge in [-0.1, -0.05) is 0 Å². The molecular formula is C11H11F2NO2. The standard InChI is InChI=1S/C11H11F2NO2/c1-11(2-3-11)14-10(16)9-7(12)4-6(15)5-8(9)13/h4-5,15H,2-3H2,1H3,(H,14,16). The second kappa shape index (κ2) is 3.43. The molecule has 0 aromatic heterocycles. The lowest BCUT2D eigenvalue weighted by molar-refractivity contribution is 0.0927. The number of hydrogen-bond donors (Lipinski definition) is 2. The Kier molecular flexibility index (Phi) is 2.33. The van der Waals surface area contributed by atoms with E-state index in [1.54, 1.807) is 6.92 Å². The molecule has 0 atom stereocenters. The van der Waals surface area contributed by atoms with Crippen LogP contribution in [0.25, 0.3) is 0 Å². The summed E-state index contributed by atoms with van der Waals surface area (Å²) >= 11 is 0. The van der Waals surface area contributed by atoms with Crippen LogP contribution in [0.5, 0.6) is 5.75 Å². The van der Waals surface area contributed by atoms with Crippen LogP contribution in [-0.4, -0.2) is 16.6 Å². The van der Waals surface area contributed by atoms with Gasteiger partial charge in [0.2, 0.25) is 0 Å². The van der Waals surface area contributed by atoms with E-state index in [1.807, 2.05) is 0 Å². The quantitative estimate of drug-likeness (QED) is 0.811. The van der Waals surface area contributed by atoms with Crippen molar-refractivity contribution in [1.29, 1.82) is 0 Å². The molecule has 0 unspecified atom stereocenters. The maximum Gasteiger partial charge on any atom is 0.257 e. The summed E-state index contributed by atoms with van der Waals surface area (Å²) in [4.78, 5) is 11.6. The van der Waals surface area contributed by atoms with Crippen molar-refractivity contribution in [2.24, 2.45) is 0 Å². The maximum absolute atomic E-state index is 13.3. The van der Waals surface area contributed by atoms with E-state index in [0.717, 1.165) is 12.8 Å². The van der Waals surface area contributed by atoms with Crippen molar-refractivity contribution >= 4 is 5.91 Å². The maximum atomic E-state index is 13.3. The third kappa shape index (κ3) is 1.98. The van der Waals surface area contributed by atoms with Crippen molar-refractivity contribution < 1.29 is 18.7 Å². The number of benzene rings is 1. The van der Waals surface area contributed by atoms with Gasteiger partial charge in [0, 0.05) is 17.7 Å². The Morgan fingerprint density at radius 3 is 2.31 bits per heavy atom. The normalized spacial score (nSPS) is 16.9. The Morgan fingerprint density at radius 1 is 1.38 bits per heavy atom. The molecule has 0 radical (unpaired) electrons. The molecule has 1 aromatic carbocycles. The van der Waals surface area contributed by atoms with Gasteiger partial charge in [0.15, 0.2) is 0 Å². The molecule has 16 heavy (non-hydrogen) atoms. The van der Waals surface area contributed by atoms with Crippen molar-refractivity contribution in [3.8, 4) is 5.75 Å². The Morgan fingerprint density at radius 2 is 1.88 bits per heavy atom. The summed E-state index contributed by atoms with van der Waals surface area (Å²) in [6.45, 7) is 1.81. The number of nitrogens with one attached hydrogen (secondary N) is 1. The average Bonchev–Trinajstić information content (AvgIpc) is 2.80. The molecule has 1 aliphatic carbocycles. The number of halogens is 2. The molecule has 1 aromatic rings. The van der Waals surface area contributed by atoms with Gasteiger partial charge in [-0.3, -0.25) is 4.79 Å².